The van der Waals surface area contributed by atoms with E-state index in [9.17, 15) is 40.8 Å². The molecule has 0 saturated heterocycles. The van der Waals surface area contributed by atoms with Crippen LogP contribution >= 0.6 is 0 Å². The summed E-state index contributed by atoms with van der Waals surface area (Å²) in [6, 6.07) is 3.57. The Hall–Kier alpha value is -2.86. The molecule has 0 unspecified atom stereocenters. The van der Waals surface area contributed by atoms with E-state index < -0.39 is 41.8 Å². The second-order valence-electron chi connectivity index (χ2n) is 5.35. The summed E-state index contributed by atoms with van der Waals surface area (Å²) in [5, 5.41) is 13.8. The predicted octanol–water partition coefficient (Wildman–Crippen LogP) is 4.40. The minimum Gasteiger partial charge on any atom is -0.417 e. The Labute approximate surface area is 146 Å². The maximum absolute atomic E-state index is 13.4. The lowest BCUT2D eigenvalue weighted by atomic mass is 10.1. The van der Waals surface area contributed by atoms with Gasteiger partial charge in [-0.05, 0) is 18.6 Å². The first kappa shape index (κ1) is 20.5. The molecule has 0 aliphatic heterocycles. The molecule has 0 fully saturated rings. The fourth-order valence-corrected chi connectivity index (χ4v) is 2.19. The van der Waals surface area contributed by atoms with E-state index in [2.05, 4.69) is 9.84 Å². The van der Waals surface area contributed by atoms with Crippen molar-refractivity contribution >= 4 is 5.69 Å². The van der Waals surface area contributed by atoms with E-state index in [4.69, 9.17) is 0 Å². The molecule has 0 saturated carbocycles. The molecule has 2 rings (SSSR count). The second kappa shape index (κ2) is 7.04. The number of aryl methyl sites for hydroxylation is 1. The highest BCUT2D eigenvalue weighted by atomic mass is 19.4. The molecule has 27 heavy (non-hydrogen) atoms. The topological polar surface area (TPSA) is 70.2 Å². The van der Waals surface area contributed by atoms with Crippen LogP contribution in [-0.2, 0) is 12.5 Å². The first-order chi connectivity index (χ1) is 12.3. The molecule has 0 aliphatic carbocycles. The third-order valence-corrected chi connectivity index (χ3v) is 3.42. The number of rotatable bonds is 6. The SMILES string of the molecule is Cc1cc(Cn2nc(C(F)(F)C(F)(F)F)cc2OC(F)F)ccc1[N+](=O)[O-]. The van der Waals surface area contributed by atoms with Crippen LogP contribution in [-0.4, -0.2) is 27.5 Å². The molecule has 1 aromatic heterocycles. The molecule has 1 heterocycles. The third kappa shape index (κ3) is 4.28. The van der Waals surface area contributed by atoms with Crippen molar-refractivity contribution < 1.29 is 40.4 Å². The van der Waals surface area contributed by atoms with Crippen LogP contribution in [0, 0.1) is 17.0 Å². The van der Waals surface area contributed by atoms with Gasteiger partial charge in [0.1, 0.15) is 5.69 Å². The Kier molecular flexibility index (Phi) is 5.33. The molecule has 0 atom stereocenters. The number of aromatic nitrogens is 2. The van der Waals surface area contributed by atoms with Gasteiger partial charge in [-0.2, -0.15) is 35.8 Å². The molecule has 148 valence electrons. The van der Waals surface area contributed by atoms with Crippen molar-refractivity contribution in [1.29, 1.82) is 0 Å². The van der Waals surface area contributed by atoms with Crippen LogP contribution in [0.4, 0.5) is 36.4 Å². The van der Waals surface area contributed by atoms with Crippen molar-refractivity contribution in [2.75, 3.05) is 0 Å². The van der Waals surface area contributed by atoms with E-state index in [1.165, 1.54) is 19.1 Å². The first-order valence-corrected chi connectivity index (χ1v) is 7.04. The maximum Gasteiger partial charge on any atom is 0.459 e. The molecule has 13 heteroatoms. The van der Waals surface area contributed by atoms with Crippen molar-refractivity contribution in [1.82, 2.24) is 9.78 Å². The first-order valence-electron chi connectivity index (χ1n) is 7.04. The minimum absolute atomic E-state index is 0.0674. The number of halogens is 7. The predicted molar refractivity (Wildman–Crippen MR) is 75.7 cm³/mol. The number of hydrogen-bond acceptors (Lipinski definition) is 4. The monoisotopic (exact) mass is 401 g/mol. The maximum atomic E-state index is 13.4. The van der Waals surface area contributed by atoms with Gasteiger partial charge >= 0.3 is 18.7 Å². The average Bonchev–Trinajstić information content (AvgIpc) is 2.88. The normalized spacial score (nSPS) is 12.5. The number of alkyl halides is 7. The Morgan fingerprint density at radius 3 is 2.33 bits per heavy atom. The van der Waals surface area contributed by atoms with Crippen LogP contribution in [0.2, 0.25) is 0 Å². The molecule has 1 aromatic carbocycles. The summed E-state index contributed by atoms with van der Waals surface area (Å²) in [4.78, 5) is 10.1. The summed E-state index contributed by atoms with van der Waals surface area (Å²) < 4.78 is 93.5. The van der Waals surface area contributed by atoms with Crippen LogP contribution in [0.25, 0.3) is 0 Å². The van der Waals surface area contributed by atoms with E-state index in [1.807, 2.05) is 0 Å². The highest BCUT2D eigenvalue weighted by molar-refractivity contribution is 5.42. The van der Waals surface area contributed by atoms with Gasteiger partial charge in [0.25, 0.3) is 5.69 Å². The zero-order valence-electron chi connectivity index (χ0n) is 13.3. The van der Waals surface area contributed by atoms with Gasteiger partial charge in [-0.3, -0.25) is 10.1 Å². The van der Waals surface area contributed by atoms with Crippen molar-refractivity contribution in [2.45, 2.75) is 32.2 Å². The molecule has 0 bridgehead atoms. The molecule has 0 radical (unpaired) electrons. The lowest BCUT2D eigenvalue weighted by Gasteiger charge is -2.16. The molecule has 0 amide bonds. The van der Waals surface area contributed by atoms with Crippen LogP contribution in [0.1, 0.15) is 16.8 Å². The van der Waals surface area contributed by atoms with E-state index in [-0.39, 0.29) is 22.9 Å². The van der Waals surface area contributed by atoms with Gasteiger partial charge in [0.05, 0.1) is 11.5 Å². The summed E-state index contributed by atoms with van der Waals surface area (Å²) in [7, 11) is 0. The zero-order chi connectivity index (χ0) is 20.6. The van der Waals surface area contributed by atoms with E-state index in [1.54, 1.807) is 0 Å². The van der Waals surface area contributed by atoms with Crippen molar-refractivity contribution in [3.05, 3.63) is 51.2 Å². The standard InChI is InChI=1S/C14H10F7N3O3/c1-7-4-8(2-3-9(7)24(25)26)6-23-11(27-12(15)16)5-10(22-23)13(17,18)14(19,20)21/h2-5,12H,6H2,1H3. The Bertz CT molecular complexity index is 849. The van der Waals surface area contributed by atoms with Crippen LogP contribution in [0.3, 0.4) is 0 Å². The number of ether oxygens (including phenoxy) is 1. The van der Waals surface area contributed by atoms with Gasteiger partial charge in [0.2, 0.25) is 5.88 Å². The summed E-state index contributed by atoms with van der Waals surface area (Å²) >= 11 is 0. The van der Waals surface area contributed by atoms with E-state index >= 15 is 0 Å². The summed E-state index contributed by atoms with van der Waals surface area (Å²) in [5.41, 5.74) is -1.72. The largest absolute Gasteiger partial charge is 0.459 e. The highest BCUT2D eigenvalue weighted by Crippen LogP contribution is 2.44. The summed E-state index contributed by atoms with van der Waals surface area (Å²) in [6.45, 7) is -2.66. The Morgan fingerprint density at radius 1 is 1.22 bits per heavy atom. The quantitative estimate of drug-likeness (QED) is 0.409. The van der Waals surface area contributed by atoms with Gasteiger partial charge < -0.3 is 4.74 Å². The van der Waals surface area contributed by atoms with E-state index in [0.717, 1.165) is 6.07 Å². The van der Waals surface area contributed by atoms with Gasteiger partial charge in [-0.1, -0.05) is 6.07 Å². The fourth-order valence-electron chi connectivity index (χ4n) is 2.19. The summed E-state index contributed by atoms with van der Waals surface area (Å²) in [5.74, 6) is -6.40. The molecule has 0 spiro atoms. The van der Waals surface area contributed by atoms with Gasteiger partial charge in [0, 0.05) is 17.7 Å². The van der Waals surface area contributed by atoms with Gasteiger partial charge in [-0.25, -0.2) is 4.68 Å². The smallest absolute Gasteiger partial charge is 0.417 e. The number of nitro benzene ring substituents is 1. The number of nitro groups is 1. The molecule has 0 N–H and O–H groups in total. The minimum atomic E-state index is -5.99. The van der Waals surface area contributed by atoms with Crippen LogP contribution in [0.5, 0.6) is 5.88 Å². The molecule has 2 aromatic rings. The molecular weight excluding hydrogens is 391 g/mol. The van der Waals surface area contributed by atoms with Gasteiger partial charge in [-0.15, -0.1) is 0 Å². The number of nitrogens with zero attached hydrogens (tertiary/aromatic N) is 3. The lowest BCUT2D eigenvalue weighted by molar-refractivity contribution is -0.385. The molecule has 0 aliphatic rings. The lowest BCUT2D eigenvalue weighted by Crippen LogP contribution is -2.34. The molecule has 6 nitrogen and oxygen atoms in total. The van der Waals surface area contributed by atoms with Crippen LogP contribution in [0.15, 0.2) is 24.3 Å². The Morgan fingerprint density at radius 2 is 1.85 bits per heavy atom. The van der Waals surface area contributed by atoms with Crippen molar-refractivity contribution in [3.63, 3.8) is 0 Å². The third-order valence-electron chi connectivity index (χ3n) is 3.42. The Balaban J connectivity index is 2.43. The second-order valence-corrected chi connectivity index (χ2v) is 5.35. The summed E-state index contributed by atoms with van der Waals surface area (Å²) in [6.07, 6.45) is -5.99. The van der Waals surface area contributed by atoms with Gasteiger partial charge in [0.15, 0.2) is 0 Å². The highest BCUT2D eigenvalue weighted by Gasteiger charge is 2.60. The number of benzene rings is 1. The average molecular weight is 401 g/mol. The number of hydrogen-bond donors (Lipinski definition) is 0. The van der Waals surface area contributed by atoms with E-state index in [0.29, 0.717) is 4.68 Å². The van der Waals surface area contributed by atoms with Crippen LogP contribution < -0.4 is 4.74 Å². The zero-order valence-corrected chi connectivity index (χ0v) is 13.3. The fraction of sp³-hybridized carbons (Fsp3) is 0.357. The molecular formula is C14H10F7N3O3. The van der Waals surface area contributed by atoms with Crippen molar-refractivity contribution in [2.24, 2.45) is 0 Å². The van der Waals surface area contributed by atoms with Crippen molar-refractivity contribution in [3.8, 4) is 5.88 Å².